The molecular weight excluding hydrogens is 897 g/mol. The second-order valence-electron chi connectivity index (χ2n) is 21.0. The van der Waals surface area contributed by atoms with Crippen molar-refractivity contribution < 1.29 is 50.2 Å². The molecule has 0 amide bonds. The van der Waals surface area contributed by atoms with Gasteiger partial charge in [-0.15, -0.1) is 0 Å². The lowest BCUT2D eigenvalue weighted by molar-refractivity contribution is -0.135. The molecule has 2 heterocycles. The number of anilines is 1. The first-order valence-corrected chi connectivity index (χ1v) is 25.8. The van der Waals surface area contributed by atoms with Crippen LogP contribution in [0.3, 0.4) is 0 Å². The molecule has 1 saturated heterocycles. The van der Waals surface area contributed by atoms with Gasteiger partial charge in [-0.1, -0.05) is 44.2 Å². The van der Waals surface area contributed by atoms with E-state index in [4.69, 9.17) is 41.4 Å². The van der Waals surface area contributed by atoms with Crippen LogP contribution >= 0.6 is 0 Å². The Morgan fingerprint density at radius 2 is 1.26 bits per heavy atom. The number of hydrogen-bond donors (Lipinski definition) is 0. The maximum Gasteiger partial charge on any atom is 0.681 e. The molecule has 5 aromatic carbocycles. The predicted molar refractivity (Wildman–Crippen MR) is 270 cm³/mol. The fraction of sp³-hybridized carbons (Fsp3) is 0.464. The maximum atomic E-state index is 16.5. The molecule has 0 aromatic heterocycles. The van der Waals surface area contributed by atoms with Crippen molar-refractivity contribution in [3.8, 4) is 34.1 Å². The number of rotatable bonds is 15. The number of morpholine rings is 1. The average molecular weight is 966 g/mol. The summed E-state index contributed by atoms with van der Waals surface area (Å²) in [6.45, 7) is 24.6. The Balaban J connectivity index is 1.23. The third-order valence-corrected chi connectivity index (χ3v) is 16.1. The topological polar surface area (TPSA) is 86.3 Å². The molecule has 1 unspecified atom stereocenters. The molecule has 0 saturated carbocycles. The molecule has 370 valence electrons. The molecule has 1 fully saturated rings. The summed E-state index contributed by atoms with van der Waals surface area (Å²) in [5.41, 5.74) is 2.48. The molecule has 8 rings (SSSR count). The summed E-state index contributed by atoms with van der Waals surface area (Å²) in [5, 5.41) is 1.59. The van der Waals surface area contributed by atoms with Gasteiger partial charge in [-0.2, -0.15) is 0 Å². The summed E-state index contributed by atoms with van der Waals surface area (Å²) >= 11 is 0. The van der Waals surface area contributed by atoms with Gasteiger partial charge in [0.15, 0.2) is 5.60 Å². The van der Waals surface area contributed by atoms with Crippen molar-refractivity contribution in [2.75, 3.05) is 58.6 Å². The van der Waals surface area contributed by atoms with E-state index in [1.54, 1.807) is 14.2 Å². The Morgan fingerprint density at radius 3 is 1.80 bits per heavy atom. The minimum atomic E-state index is -3.70. The van der Waals surface area contributed by atoms with Crippen molar-refractivity contribution in [2.45, 2.75) is 117 Å². The zero-order chi connectivity index (χ0) is 49.7. The van der Waals surface area contributed by atoms with Crippen LogP contribution in [0.25, 0.3) is 28.0 Å². The van der Waals surface area contributed by atoms with E-state index in [1.807, 2.05) is 117 Å². The van der Waals surface area contributed by atoms with E-state index in [2.05, 4.69) is 37.0 Å². The Hall–Kier alpha value is -5.02. The lowest BCUT2D eigenvalue weighted by Gasteiger charge is -2.41. The number of methoxy groups -OCH3 is 2. The summed E-state index contributed by atoms with van der Waals surface area (Å²) in [6.07, 6.45) is 5.36. The second-order valence-corrected chi connectivity index (χ2v) is 22.9. The van der Waals surface area contributed by atoms with E-state index in [1.165, 1.54) is 6.07 Å². The monoisotopic (exact) mass is 965 g/mol. The molecule has 0 N–H and O–H groups in total. The zero-order valence-electron chi connectivity index (χ0n) is 42.6. The number of hydrogen-bond acceptors (Lipinski definition) is 10. The fourth-order valence-electron chi connectivity index (χ4n) is 10.2. The van der Waals surface area contributed by atoms with E-state index in [0.717, 1.165) is 50.3 Å². The molecular formula is C56H69F2NO9Si. The maximum absolute atomic E-state index is 16.5. The molecule has 3 aliphatic rings. The summed E-state index contributed by atoms with van der Waals surface area (Å²) in [6, 6.07) is 22.4. The van der Waals surface area contributed by atoms with Gasteiger partial charge in [0.05, 0.1) is 56.5 Å². The van der Waals surface area contributed by atoms with Gasteiger partial charge in [0.1, 0.15) is 41.2 Å². The average Bonchev–Trinajstić information content (AvgIpc) is 3.59. The smallest absolute Gasteiger partial charge is 0.497 e. The summed E-state index contributed by atoms with van der Waals surface area (Å²) in [4.78, 5) is 2.25. The van der Waals surface area contributed by atoms with Gasteiger partial charge >= 0.3 is 9.05 Å². The van der Waals surface area contributed by atoms with E-state index in [0.29, 0.717) is 73.3 Å². The van der Waals surface area contributed by atoms with Crippen LogP contribution in [0.4, 0.5) is 14.5 Å². The van der Waals surface area contributed by atoms with Crippen LogP contribution in [0.2, 0.25) is 0 Å². The molecule has 0 spiro atoms. The predicted octanol–water partition coefficient (Wildman–Crippen LogP) is 12.7. The van der Waals surface area contributed by atoms with Gasteiger partial charge < -0.3 is 46.3 Å². The first-order valence-electron chi connectivity index (χ1n) is 24.1. The molecule has 10 nitrogen and oxygen atoms in total. The molecule has 1 aliphatic carbocycles. The van der Waals surface area contributed by atoms with Gasteiger partial charge in [0.2, 0.25) is 0 Å². The molecule has 5 aromatic rings. The minimum absolute atomic E-state index is 0.153. The summed E-state index contributed by atoms with van der Waals surface area (Å²) in [7, 11) is -0.393. The first kappa shape index (κ1) is 50.4. The third kappa shape index (κ3) is 9.88. The molecule has 13 heteroatoms. The van der Waals surface area contributed by atoms with Crippen molar-refractivity contribution in [3.05, 3.63) is 118 Å². The molecule has 0 radical (unpaired) electrons. The zero-order valence-corrected chi connectivity index (χ0v) is 43.6. The quantitative estimate of drug-likeness (QED) is 0.0747. The normalized spacial score (nSPS) is 17.9. The van der Waals surface area contributed by atoms with Crippen molar-refractivity contribution >= 4 is 31.6 Å². The fourth-order valence-corrected chi connectivity index (χ4v) is 13.1. The largest absolute Gasteiger partial charge is 0.681 e. The van der Waals surface area contributed by atoms with E-state index in [-0.39, 0.29) is 13.2 Å². The van der Waals surface area contributed by atoms with Gasteiger partial charge in [-0.05, 0) is 146 Å². The highest BCUT2D eigenvalue weighted by molar-refractivity contribution is 6.54. The van der Waals surface area contributed by atoms with Crippen molar-refractivity contribution in [2.24, 2.45) is 0 Å². The second kappa shape index (κ2) is 19.0. The van der Waals surface area contributed by atoms with Gasteiger partial charge in [-0.25, -0.2) is 8.78 Å². The van der Waals surface area contributed by atoms with Crippen molar-refractivity contribution in [3.63, 3.8) is 0 Å². The van der Waals surface area contributed by atoms with E-state index >= 15 is 8.78 Å². The Morgan fingerprint density at radius 1 is 0.681 bits per heavy atom. The van der Waals surface area contributed by atoms with Crippen LogP contribution < -0.4 is 23.8 Å². The van der Waals surface area contributed by atoms with Gasteiger partial charge in [0.25, 0.3) is 0 Å². The highest BCUT2D eigenvalue weighted by atomic mass is 28.4. The van der Waals surface area contributed by atoms with Crippen LogP contribution in [-0.4, -0.2) is 79.6 Å². The number of benzene rings is 5. The summed E-state index contributed by atoms with van der Waals surface area (Å²) in [5.74, 6) is 1.43. The van der Waals surface area contributed by atoms with Crippen molar-refractivity contribution in [1.82, 2.24) is 0 Å². The number of ether oxygens (including phenoxy) is 5. The standard InChI is InChI=1S/C56H69F2NO9Si/c1-14-55(15-2)49-44(32-38(57)33-45(49)58)48-42-34-46(59-26-28-62-29-27-59)47(61-13)35-43(42)51-41(50(48)55)24-25-56(65-51,36-16-20-39(60-12)21-17-36)37-18-22-40(23-19-37)63-30-31-64-69(66-52(3,4)5,67-53(6,7)8)68-54(9,10)11/h16-25,32-35H,14-15,26-31H2,1-13H3. The SMILES string of the molecule is CCC1(CC)c2c(F)cc(F)cc2-c2c1c1c(c3cc(OC)c(N4CCOCC4)cc23)OC(c2ccc(OC)cc2)(c2ccc(OCCO[Si](OC(C)(C)C)(OC(C)(C)C)OC(C)(C)C)cc2)C=C1. The van der Waals surface area contributed by atoms with Crippen LogP contribution in [0.15, 0.2) is 78.9 Å². The Bertz CT molecular complexity index is 2650. The molecule has 1 atom stereocenters. The van der Waals surface area contributed by atoms with E-state index < -0.39 is 48.5 Å². The lowest BCUT2D eigenvalue weighted by Crippen LogP contribution is -2.59. The highest BCUT2D eigenvalue weighted by Gasteiger charge is 2.54. The molecule has 69 heavy (non-hydrogen) atoms. The number of halogens is 2. The highest BCUT2D eigenvalue weighted by Crippen LogP contribution is 2.62. The van der Waals surface area contributed by atoms with E-state index in [9.17, 15) is 0 Å². The number of nitrogens with zero attached hydrogens (tertiary/aromatic N) is 1. The van der Waals surface area contributed by atoms with Crippen LogP contribution in [0.1, 0.15) is 117 Å². The molecule has 0 bridgehead atoms. The Kier molecular flexibility index (Phi) is 13.8. The minimum Gasteiger partial charge on any atom is -0.497 e. The lowest BCUT2D eigenvalue weighted by atomic mass is 9.71. The Labute approximate surface area is 408 Å². The first-order chi connectivity index (χ1) is 32.6. The van der Waals surface area contributed by atoms with Gasteiger partial charge in [-0.3, -0.25) is 0 Å². The van der Waals surface area contributed by atoms with Gasteiger partial charge in [0, 0.05) is 52.2 Å². The number of fused-ring (bicyclic) bond motifs is 8. The van der Waals surface area contributed by atoms with Crippen LogP contribution in [0, 0.1) is 11.6 Å². The van der Waals surface area contributed by atoms with Crippen LogP contribution in [0.5, 0.6) is 23.0 Å². The van der Waals surface area contributed by atoms with Crippen LogP contribution in [-0.2, 0) is 33.5 Å². The molecule has 2 aliphatic heterocycles. The van der Waals surface area contributed by atoms with Crippen molar-refractivity contribution in [1.29, 1.82) is 0 Å². The third-order valence-electron chi connectivity index (χ3n) is 12.9. The summed E-state index contributed by atoms with van der Waals surface area (Å²) < 4.78 is 89.4.